The Hall–Kier alpha value is -1.08. The van der Waals surface area contributed by atoms with Crippen LogP contribution in [0.4, 0.5) is 0 Å². The van der Waals surface area contributed by atoms with Gasteiger partial charge in [-0.1, -0.05) is 20.8 Å². The summed E-state index contributed by atoms with van der Waals surface area (Å²) in [4.78, 5) is 13.7. The third-order valence-electron chi connectivity index (χ3n) is 3.64. The van der Waals surface area contributed by atoms with Crippen LogP contribution in [0.15, 0.2) is 0 Å². The molecular weight excluding hydrogens is 238 g/mol. The van der Waals surface area contributed by atoms with E-state index in [4.69, 9.17) is 11.0 Å². The number of hydrogen-bond donors (Lipinski definition) is 1. The first-order valence-corrected chi connectivity index (χ1v) is 7.06. The zero-order chi connectivity index (χ0) is 15.1. The van der Waals surface area contributed by atoms with Crippen molar-refractivity contribution in [2.45, 2.75) is 47.0 Å². The monoisotopic (exact) mass is 267 g/mol. The lowest BCUT2D eigenvalue weighted by atomic mass is 9.76. The molecule has 4 heteroatoms. The first-order valence-electron chi connectivity index (χ1n) is 7.06. The molecule has 0 aliphatic heterocycles. The quantitative estimate of drug-likeness (QED) is 0.770. The number of carbonyl (C=O) groups excluding carboxylic acids is 1. The Labute approximate surface area is 118 Å². The maximum Gasteiger partial charge on any atom is 0.222 e. The van der Waals surface area contributed by atoms with E-state index in [1.807, 2.05) is 6.92 Å². The molecule has 0 aromatic carbocycles. The van der Waals surface area contributed by atoms with E-state index in [1.54, 1.807) is 11.9 Å². The number of hydrogen-bond acceptors (Lipinski definition) is 3. The standard InChI is InChI=1S/C15H29N3O/c1-12(10-17)11-18(5)14(19)7-6-13(8-9-16)15(2,3)4/h12-13H,6-9,11,16H2,1-5H3. The average molecular weight is 267 g/mol. The van der Waals surface area contributed by atoms with Gasteiger partial charge in [0.2, 0.25) is 5.91 Å². The van der Waals surface area contributed by atoms with E-state index in [1.165, 1.54) is 0 Å². The normalized spacial score (nSPS) is 14.6. The van der Waals surface area contributed by atoms with E-state index < -0.39 is 0 Å². The zero-order valence-corrected chi connectivity index (χ0v) is 13.1. The van der Waals surface area contributed by atoms with Crippen molar-refractivity contribution in [1.29, 1.82) is 5.26 Å². The van der Waals surface area contributed by atoms with Crippen LogP contribution in [-0.2, 0) is 4.79 Å². The highest BCUT2D eigenvalue weighted by molar-refractivity contribution is 5.75. The first-order chi connectivity index (χ1) is 8.72. The van der Waals surface area contributed by atoms with Gasteiger partial charge in [0.1, 0.15) is 0 Å². The van der Waals surface area contributed by atoms with Crippen LogP contribution >= 0.6 is 0 Å². The van der Waals surface area contributed by atoms with Gasteiger partial charge in [-0.25, -0.2) is 0 Å². The fourth-order valence-corrected chi connectivity index (χ4v) is 2.25. The summed E-state index contributed by atoms with van der Waals surface area (Å²) in [7, 11) is 1.77. The highest BCUT2D eigenvalue weighted by Gasteiger charge is 2.25. The highest BCUT2D eigenvalue weighted by atomic mass is 16.2. The predicted octanol–water partition coefficient (Wildman–Crippen LogP) is 2.40. The molecule has 0 aliphatic rings. The second kappa shape index (κ2) is 8.16. The molecule has 0 saturated heterocycles. The van der Waals surface area contributed by atoms with Gasteiger partial charge in [-0.2, -0.15) is 5.26 Å². The molecule has 19 heavy (non-hydrogen) atoms. The lowest BCUT2D eigenvalue weighted by Crippen LogP contribution is -2.32. The molecule has 0 rings (SSSR count). The Morgan fingerprint density at radius 2 is 1.95 bits per heavy atom. The van der Waals surface area contributed by atoms with Crippen molar-refractivity contribution < 1.29 is 4.79 Å². The van der Waals surface area contributed by atoms with Gasteiger partial charge in [0, 0.05) is 20.0 Å². The van der Waals surface area contributed by atoms with Crippen LogP contribution in [0.25, 0.3) is 0 Å². The summed E-state index contributed by atoms with van der Waals surface area (Å²) in [5.74, 6) is 0.466. The Morgan fingerprint density at radius 1 is 1.37 bits per heavy atom. The lowest BCUT2D eigenvalue weighted by molar-refractivity contribution is -0.130. The van der Waals surface area contributed by atoms with E-state index in [0.29, 0.717) is 25.4 Å². The smallest absolute Gasteiger partial charge is 0.222 e. The minimum atomic E-state index is -0.114. The fraction of sp³-hybridized carbons (Fsp3) is 0.867. The number of carbonyl (C=O) groups is 1. The number of nitrogens with zero attached hydrogens (tertiary/aromatic N) is 2. The Bertz CT molecular complexity index is 314. The molecule has 0 bridgehead atoms. The molecule has 0 saturated carbocycles. The van der Waals surface area contributed by atoms with Crippen molar-refractivity contribution in [1.82, 2.24) is 4.90 Å². The van der Waals surface area contributed by atoms with E-state index in [0.717, 1.165) is 12.8 Å². The molecule has 0 aromatic rings. The molecule has 2 unspecified atom stereocenters. The van der Waals surface area contributed by atoms with E-state index >= 15 is 0 Å². The number of rotatable bonds is 7. The van der Waals surface area contributed by atoms with Crippen LogP contribution in [0.5, 0.6) is 0 Å². The van der Waals surface area contributed by atoms with Gasteiger partial charge >= 0.3 is 0 Å². The van der Waals surface area contributed by atoms with Crippen LogP contribution in [0.3, 0.4) is 0 Å². The van der Waals surface area contributed by atoms with E-state index in [9.17, 15) is 4.79 Å². The summed E-state index contributed by atoms with van der Waals surface area (Å²) in [5.41, 5.74) is 5.82. The van der Waals surface area contributed by atoms with Gasteiger partial charge in [-0.3, -0.25) is 4.79 Å². The fourth-order valence-electron chi connectivity index (χ4n) is 2.25. The molecule has 2 N–H and O–H groups in total. The van der Waals surface area contributed by atoms with Gasteiger partial charge in [0.05, 0.1) is 12.0 Å². The predicted molar refractivity (Wildman–Crippen MR) is 78.3 cm³/mol. The molecular formula is C15H29N3O. The second-order valence-electron chi connectivity index (χ2n) is 6.48. The molecule has 110 valence electrons. The first kappa shape index (κ1) is 17.9. The molecule has 0 heterocycles. The Balaban J connectivity index is 4.29. The highest BCUT2D eigenvalue weighted by Crippen LogP contribution is 2.32. The number of nitrogens with two attached hydrogens (primary N) is 1. The summed E-state index contributed by atoms with van der Waals surface area (Å²) < 4.78 is 0. The van der Waals surface area contributed by atoms with Crippen molar-refractivity contribution in [3.05, 3.63) is 0 Å². The van der Waals surface area contributed by atoms with Gasteiger partial charge in [-0.15, -0.1) is 0 Å². The Kier molecular flexibility index (Phi) is 7.70. The summed E-state index contributed by atoms with van der Waals surface area (Å²) in [6, 6.07) is 2.15. The Morgan fingerprint density at radius 3 is 2.37 bits per heavy atom. The topological polar surface area (TPSA) is 70.1 Å². The van der Waals surface area contributed by atoms with Crippen molar-refractivity contribution >= 4 is 5.91 Å². The lowest BCUT2D eigenvalue weighted by Gasteiger charge is -2.31. The molecule has 0 aliphatic carbocycles. The zero-order valence-electron chi connectivity index (χ0n) is 13.1. The maximum absolute atomic E-state index is 12.0. The molecule has 0 fully saturated rings. The summed E-state index contributed by atoms with van der Waals surface area (Å²) in [6.07, 6.45) is 2.36. The van der Waals surface area contributed by atoms with Crippen molar-refractivity contribution in [2.75, 3.05) is 20.1 Å². The van der Waals surface area contributed by atoms with Crippen LogP contribution in [0.2, 0.25) is 0 Å². The minimum absolute atomic E-state index is 0.114. The molecule has 4 nitrogen and oxygen atoms in total. The van der Waals surface area contributed by atoms with Crippen LogP contribution in [-0.4, -0.2) is 30.9 Å². The average Bonchev–Trinajstić information content (AvgIpc) is 2.32. The number of nitriles is 1. The summed E-state index contributed by atoms with van der Waals surface area (Å²) in [6.45, 7) is 9.58. The molecule has 1 amide bonds. The van der Waals surface area contributed by atoms with Gasteiger partial charge < -0.3 is 10.6 Å². The van der Waals surface area contributed by atoms with E-state index in [-0.39, 0.29) is 17.2 Å². The van der Waals surface area contributed by atoms with Gasteiger partial charge in [-0.05, 0) is 37.6 Å². The SMILES string of the molecule is CC(C#N)CN(C)C(=O)CCC(CCN)C(C)(C)C. The second-order valence-corrected chi connectivity index (χ2v) is 6.48. The summed E-state index contributed by atoms with van der Waals surface area (Å²) >= 11 is 0. The summed E-state index contributed by atoms with van der Waals surface area (Å²) in [5, 5.41) is 8.76. The van der Waals surface area contributed by atoms with Crippen molar-refractivity contribution in [3.8, 4) is 6.07 Å². The maximum atomic E-state index is 12.0. The molecule has 0 spiro atoms. The van der Waals surface area contributed by atoms with E-state index in [2.05, 4.69) is 26.8 Å². The molecule has 0 radical (unpaired) electrons. The molecule has 2 atom stereocenters. The third kappa shape index (κ3) is 7.17. The largest absolute Gasteiger partial charge is 0.344 e. The third-order valence-corrected chi connectivity index (χ3v) is 3.64. The van der Waals surface area contributed by atoms with Gasteiger partial charge in [0.15, 0.2) is 0 Å². The van der Waals surface area contributed by atoms with Crippen LogP contribution < -0.4 is 5.73 Å². The van der Waals surface area contributed by atoms with Gasteiger partial charge in [0.25, 0.3) is 0 Å². The van der Waals surface area contributed by atoms with Crippen molar-refractivity contribution in [2.24, 2.45) is 23.0 Å². The number of amides is 1. The van der Waals surface area contributed by atoms with Crippen molar-refractivity contribution in [3.63, 3.8) is 0 Å². The van der Waals surface area contributed by atoms with Crippen LogP contribution in [0.1, 0.15) is 47.0 Å². The molecule has 0 aromatic heterocycles. The minimum Gasteiger partial charge on any atom is -0.344 e. The van der Waals surface area contributed by atoms with Crippen LogP contribution in [0, 0.1) is 28.6 Å².